The minimum absolute atomic E-state index is 0.216. The van der Waals surface area contributed by atoms with Gasteiger partial charge in [0, 0.05) is 26.2 Å². The van der Waals surface area contributed by atoms with Crippen molar-refractivity contribution in [2.45, 2.75) is 6.61 Å². The minimum atomic E-state index is -0.446. The molecule has 5 heteroatoms. The second kappa shape index (κ2) is 8.85. The normalized spacial score (nSPS) is 11.1. The molecule has 3 aromatic carbocycles. The van der Waals surface area contributed by atoms with Gasteiger partial charge in [-0.05, 0) is 36.4 Å². The molecule has 0 amide bonds. The molecule has 0 fully saturated rings. The number of allylic oxidation sites excluding steroid dienone is 1. The zero-order chi connectivity index (χ0) is 19.2. The molecule has 134 valence electrons. The first-order valence-electron chi connectivity index (χ1n) is 8.11. The van der Waals surface area contributed by atoms with Gasteiger partial charge in [0.1, 0.15) is 18.2 Å². The first kappa shape index (κ1) is 19.2. The minimum Gasteiger partial charge on any atom is -0.488 e. The van der Waals surface area contributed by atoms with E-state index in [1.165, 1.54) is 6.07 Å². The third-order valence-electron chi connectivity index (χ3n) is 3.90. The summed E-state index contributed by atoms with van der Waals surface area (Å²) in [7, 11) is 0. The highest BCUT2D eigenvalue weighted by Crippen LogP contribution is 2.29. The molecule has 2 nitrogen and oxygen atoms in total. The van der Waals surface area contributed by atoms with E-state index in [0.717, 1.165) is 10.0 Å². The number of nitrogens with zero attached hydrogens (tertiary/aromatic N) is 1. The summed E-state index contributed by atoms with van der Waals surface area (Å²) < 4.78 is 20.8. The highest BCUT2D eigenvalue weighted by Gasteiger charge is 2.10. The molecule has 0 bridgehead atoms. The van der Waals surface area contributed by atoms with E-state index in [0.29, 0.717) is 16.3 Å². The van der Waals surface area contributed by atoms with E-state index in [9.17, 15) is 9.65 Å². The van der Waals surface area contributed by atoms with Crippen LogP contribution in [-0.2, 0) is 6.61 Å². The van der Waals surface area contributed by atoms with Crippen molar-refractivity contribution in [1.82, 2.24) is 0 Å². The molecule has 0 aliphatic rings. The fourth-order valence-electron chi connectivity index (χ4n) is 2.54. The van der Waals surface area contributed by atoms with Crippen LogP contribution in [-0.4, -0.2) is 0 Å². The molecular formula is C22H14BrClFNO. The lowest BCUT2D eigenvalue weighted by molar-refractivity contribution is 0.305. The molecule has 27 heavy (non-hydrogen) atoms. The Morgan fingerprint density at radius 1 is 1.11 bits per heavy atom. The number of nitriles is 1. The van der Waals surface area contributed by atoms with Gasteiger partial charge in [0.25, 0.3) is 0 Å². The van der Waals surface area contributed by atoms with Gasteiger partial charge in [0.15, 0.2) is 0 Å². The Morgan fingerprint density at radius 2 is 1.85 bits per heavy atom. The molecule has 0 unspecified atom stereocenters. The smallest absolute Gasteiger partial charge is 0.131 e. The van der Waals surface area contributed by atoms with Crippen LogP contribution in [0.4, 0.5) is 4.39 Å². The molecule has 0 spiro atoms. The fourth-order valence-corrected chi connectivity index (χ4v) is 3.11. The number of hydrogen-bond acceptors (Lipinski definition) is 2. The second-order valence-corrected chi connectivity index (χ2v) is 7.03. The van der Waals surface area contributed by atoms with E-state index in [4.69, 9.17) is 16.3 Å². The topological polar surface area (TPSA) is 33.0 Å². The van der Waals surface area contributed by atoms with Crippen molar-refractivity contribution < 1.29 is 9.13 Å². The molecule has 0 aliphatic heterocycles. The Kier molecular flexibility index (Phi) is 6.28. The molecule has 0 saturated carbocycles. The molecule has 0 saturated heterocycles. The molecule has 0 radical (unpaired) electrons. The maximum absolute atomic E-state index is 14.1. The average molecular weight is 443 g/mol. The van der Waals surface area contributed by atoms with Crippen molar-refractivity contribution in [3.8, 4) is 11.8 Å². The molecule has 0 aliphatic carbocycles. The fraction of sp³-hybridized carbons (Fsp3) is 0.0455. The van der Waals surface area contributed by atoms with Crippen molar-refractivity contribution in [3.63, 3.8) is 0 Å². The number of benzene rings is 3. The zero-order valence-electron chi connectivity index (χ0n) is 14.1. The maximum atomic E-state index is 14.1. The Labute approximate surface area is 170 Å². The molecule has 3 rings (SSSR count). The Bertz CT molecular complexity index is 1040. The predicted octanol–water partition coefficient (Wildman–Crippen LogP) is 6.88. The monoisotopic (exact) mass is 441 g/mol. The first-order valence-corrected chi connectivity index (χ1v) is 9.28. The van der Waals surface area contributed by atoms with Crippen LogP contribution in [0.3, 0.4) is 0 Å². The summed E-state index contributed by atoms with van der Waals surface area (Å²) in [5.41, 5.74) is 1.98. The van der Waals surface area contributed by atoms with Crippen molar-refractivity contribution in [2.75, 3.05) is 0 Å². The molecule has 0 aromatic heterocycles. The summed E-state index contributed by atoms with van der Waals surface area (Å²) in [6.07, 6.45) is 1.62. The van der Waals surface area contributed by atoms with E-state index in [1.54, 1.807) is 36.4 Å². The first-order chi connectivity index (χ1) is 13.1. The lowest BCUT2D eigenvalue weighted by Crippen LogP contribution is -1.98. The van der Waals surface area contributed by atoms with Crippen LogP contribution in [0, 0.1) is 17.1 Å². The van der Waals surface area contributed by atoms with Gasteiger partial charge < -0.3 is 4.74 Å². The van der Waals surface area contributed by atoms with Gasteiger partial charge in [-0.15, -0.1) is 0 Å². The van der Waals surface area contributed by atoms with Crippen LogP contribution in [0.25, 0.3) is 11.6 Å². The van der Waals surface area contributed by atoms with E-state index >= 15 is 0 Å². The van der Waals surface area contributed by atoms with Gasteiger partial charge in [0.2, 0.25) is 0 Å². The van der Waals surface area contributed by atoms with Gasteiger partial charge in [-0.3, -0.25) is 0 Å². The van der Waals surface area contributed by atoms with Crippen LogP contribution in [0.15, 0.2) is 71.2 Å². The summed E-state index contributed by atoms with van der Waals surface area (Å²) in [5, 5.41) is 10.1. The number of hydrogen-bond donors (Lipinski definition) is 0. The van der Waals surface area contributed by atoms with E-state index in [-0.39, 0.29) is 17.7 Å². The quantitative estimate of drug-likeness (QED) is 0.318. The van der Waals surface area contributed by atoms with Gasteiger partial charge in [-0.25, -0.2) is 4.39 Å². The van der Waals surface area contributed by atoms with Crippen molar-refractivity contribution in [2.24, 2.45) is 0 Å². The van der Waals surface area contributed by atoms with Crippen LogP contribution in [0.1, 0.15) is 16.7 Å². The van der Waals surface area contributed by atoms with Crippen molar-refractivity contribution in [3.05, 3.63) is 98.7 Å². The summed E-state index contributed by atoms with van der Waals surface area (Å²) >= 11 is 9.60. The predicted molar refractivity (Wildman–Crippen MR) is 110 cm³/mol. The average Bonchev–Trinajstić information content (AvgIpc) is 2.67. The second-order valence-electron chi connectivity index (χ2n) is 5.71. The highest BCUT2D eigenvalue weighted by atomic mass is 79.9. The third kappa shape index (κ3) is 4.77. The zero-order valence-corrected chi connectivity index (χ0v) is 16.5. The van der Waals surface area contributed by atoms with Crippen molar-refractivity contribution in [1.29, 1.82) is 5.26 Å². The SMILES string of the molecule is N#CC(=Cc1cc(Br)ccc1OCc1ccccc1Cl)c1ccccc1F. The summed E-state index contributed by atoms with van der Waals surface area (Å²) in [5.74, 6) is 0.126. The summed E-state index contributed by atoms with van der Waals surface area (Å²) in [6, 6.07) is 21.1. The molecular weight excluding hydrogens is 429 g/mol. The summed E-state index contributed by atoms with van der Waals surface area (Å²) in [4.78, 5) is 0. The lowest BCUT2D eigenvalue weighted by Gasteiger charge is -2.11. The molecule has 0 heterocycles. The number of halogens is 3. The van der Waals surface area contributed by atoms with Crippen molar-refractivity contribution >= 4 is 39.2 Å². The number of ether oxygens (including phenoxy) is 1. The van der Waals surface area contributed by atoms with Crippen LogP contribution >= 0.6 is 27.5 Å². The van der Waals surface area contributed by atoms with E-state index in [1.807, 2.05) is 30.3 Å². The van der Waals surface area contributed by atoms with Crippen LogP contribution in [0.5, 0.6) is 5.75 Å². The molecule has 3 aromatic rings. The van der Waals surface area contributed by atoms with Crippen LogP contribution < -0.4 is 4.74 Å². The van der Waals surface area contributed by atoms with Gasteiger partial charge in [-0.2, -0.15) is 5.26 Å². The highest BCUT2D eigenvalue weighted by molar-refractivity contribution is 9.10. The molecule has 0 atom stereocenters. The third-order valence-corrected chi connectivity index (χ3v) is 4.76. The Balaban J connectivity index is 1.95. The van der Waals surface area contributed by atoms with E-state index < -0.39 is 5.82 Å². The maximum Gasteiger partial charge on any atom is 0.131 e. The standard InChI is InChI=1S/C22H14BrClFNO/c23-18-9-10-22(27-14-15-5-1-3-7-20(15)24)16(12-18)11-17(13-26)19-6-2-4-8-21(19)25/h1-12H,14H2. The Morgan fingerprint density at radius 3 is 2.59 bits per heavy atom. The molecule has 0 N–H and O–H groups in total. The van der Waals surface area contributed by atoms with Gasteiger partial charge >= 0.3 is 0 Å². The Hall–Kier alpha value is -2.61. The van der Waals surface area contributed by atoms with Crippen LogP contribution in [0.2, 0.25) is 5.02 Å². The van der Waals surface area contributed by atoms with E-state index in [2.05, 4.69) is 22.0 Å². The van der Waals surface area contributed by atoms with Gasteiger partial charge in [-0.1, -0.05) is 63.9 Å². The number of rotatable bonds is 5. The largest absolute Gasteiger partial charge is 0.488 e. The summed E-state index contributed by atoms with van der Waals surface area (Å²) in [6.45, 7) is 0.281. The lowest BCUT2D eigenvalue weighted by atomic mass is 10.0. The van der Waals surface area contributed by atoms with Gasteiger partial charge in [0.05, 0.1) is 11.6 Å².